The average molecular weight is 450 g/mol. The summed E-state index contributed by atoms with van der Waals surface area (Å²) in [6, 6.07) is 28.1. The Labute approximate surface area is 204 Å². The highest BCUT2D eigenvalue weighted by Gasteiger charge is 2.35. The van der Waals surface area contributed by atoms with Crippen LogP contribution in [0.4, 0.5) is 0 Å². The molecule has 0 saturated heterocycles. The Kier molecular flexibility index (Phi) is 4.19. The third kappa shape index (κ3) is 3.01. The topological polar surface area (TPSA) is 38.7 Å². The van der Waals surface area contributed by atoms with Crippen LogP contribution in [-0.2, 0) is 5.41 Å². The third-order valence-corrected chi connectivity index (χ3v) is 7.41. The van der Waals surface area contributed by atoms with Gasteiger partial charge in [-0.25, -0.2) is 0 Å². The predicted octanol–water partition coefficient (Wildman–Crippen LogP) is 7.82. The van der Waals surface area contributed by atoms with Gasteiger partial charge in [-0.1, -0.05) is 38.1 Å². The van der Waals surface area contributed by atoms with Gasteiger partial charge in [0.15, 0.2) is 0 Å². The summed E-state index contributed by atoms with van der Waals surface area (Å²) in [4.78, 5) is 13.6. The Morgan fingerprint density at radius 2 is 1.20 bits per heavy atom. The van der Waals surface area contributed by atoms with Gasteiger partial charge < -0.3 is 0 Å². The second kappa shape index (κ2) is 7.31. The highest BCUT2D eigenvalue weighted by molar-refractivity contribution is 6.16. The van der Waals surface area contributed by atoms with Crippen LogP contribution < -0.4 is 0 Å². The lowest BCUT2D eigenvalue weighted by Gasteiger charge is -2.23. The SMILES string of the molecule is CC1(C)c2cc(-c3ccccn3)cc3ccc4cc(-c5ccc(-c6ccncc6)cn5)cc1c4c23. The fraction of sp³-hybridized carbons (Fsp3) is 0.0938. The second-order valence-corrected chi connectivity index (χ2v) is 9.82. The first-order chi connectivity index (χ1) is 17.1. The Balaban J connectivity index is 1.38. The van der Waals surface area contributed by atoms with Crippen LogP contribution in [0.5, 0.6) is 0 Å². The monoisotopic (exact) mass is 449 g/mol. The van der Waals surface area contributed by atoms with Crippen molar-refractivity contribution in [3.8, 4) is 33.6 Å². The summed E-state index contributed by atoms with van der Waals surface area (Å²) in [5.41, 5.74) is 9.16. The van der Waals surface area contributed by atoms with Crippen molar-refractivity contribution in [2.24, 2.45) is 0 Å². The number of nitrogens with zero attached hydrogens (tertiary/aromatic N) is 3. The van der Waals surface area contributed by atoms with Crippen LogP contribution in [0.25, 0.3) is 55.2 Å². The molecule has 3 heterocycles. The van der Waals surface area contributed by atoms with Gasteiger partial charge in [-0.05, 0) is 92.8 Å². The van der Waals surface area contributed by atoms with Crippen LogP contribution in [0.1, 0.15) is 25.0 Å². The quantitative estimate of drug-likeness (QED) is 0.259. The average Bonchev–Trinajstić information content (AvgIpc) is 3.15. The lowest BCUT2D eigenvalue weighted by atomic mass is 9.80. The molecule has 166 valence electrons. The lowest BCUT2D eigenvalue weighted by Crippen LogP contribution is -2.15. The van der Waals surface area contributed by atoms with Crippen LogP contribution in [0, 0.1) is 0 Å². The number of hydrogen-bond donors (Lipinski definition) is 0. The molecule has 3 nitrogen and oxygen atoms in total. The van der Waals surface area contributed by atoms with E-state index in [1.54, 1.807) is 0 Å². The minimum absolute atomic E-state index is 0.113. The molecule has 0 radical (unpaired) electrons. The van der Waals surface area contributed by atoms with Crippen molar-refractivity contribution >= 4 is 21.5 Å². The van der Waals surface area contributed by atoms with E-state index in [1.165, 1.54) is 38.2 Å². The number of aromatic nitrogens is 3. The molecule has 3 aromatic heterocycles. The molecule has 0 fully saturated rings. The molecule has 1 aliphatic carbocycles. The Bertz CT molecular complexity index is 1740. The van der Waals surface area contributed by atoms with Gasteiger partial charge in [0.1, 0.15) is 0 Å². The molecule has 3 heteroatoms. The van der Waals surface area contributed by atoms with E-state index in [0.717, 1.165) is 28.1 Å². The first-order valence-electron chi connectivity index (χ1n) is 11.9. The van der Waals surface area contributed by atoms with Crippen molar-refractivity contribution in [3.05, 3.63) is 115 Å². The molecule has 7 rings (SSSR count). The molecule has 1 aliphatic rings. The van der Waals surface area contributed by atoms with Crippen LogP contribution in [0.15, 0.2) is 104 Å². The molecule has 0 N–H and O–H groups in total. The fourth-order valence-electron chi connectivity index (χ4n) is 5.57. The van der Waals surface area contributed by atoms with Gasteiger partial charge in [-0.3, -0.25) is 15.0 Å². The molecule has 0 aliphatic heterocycles. The maximum absolute atomic E-state index is 4.84. The van der Waals surface area contributed by atoms with Crippen LogP contribution in [-0.4, -0.2) is 15.0 Å². The lowest BCUT2D eigenvalue weighted by molar-refractivity contribution is 0.663. The van der Waals surface area contributed by atoms with Crippen molar-refractivity contribution < 1.29 is 0 Å². The molecule has 0 saturated carbocycles. The second-order valence-electron chi connectivity index (χ2n) is 9.82. The molecular formula is C32H23N3. The number of hydrogen-bond acceptors (Lipinski definition) is 3. The Morgan fingerprint density at radius 1 is 0.543 bits per heavy atom. The van der Waals surface area contributed by atoms with E-state index in [4.69, 9.17) is 4.98 Å². The zero-order chi connectivity index (χ0) is 23.6. The minimum Gasteiger partial charge on any atom is -0.265 e. The summed E-state index contributed by atoms with van der Waals surface area (Å²) in [5, 5.41) is 5.28. The largest absolute Gasteiger partial charge is 0.265 e. The molecule has 6 aromatic rings. The van der Waals surface area contributed by atoms with Gasteiger partial charge in [0.05, 0.1) is 11.4 Å². The minimum atomic E-state index is -0.113. The molecule has 0 unspecified atom stereocenters. The number of rotatable bonds is 3. The van der Waals surface area contributed by atoms with Crippen molar-refractivity contribution in [2.45, 2.75) is 19.3 Å². The zero-order valence-electron chi connectivity index (χ0n) is 19.7. The van der Waals surface area contributed by atoms with Crippen molar-refractivity contribution in [1.82, 2.24) is 15.0 Å². The van der Waals surface area contributed by atoms with Crippen LogP contribution in [0.3, 0.4) is 0 Å². The summed E-state index contributed by atoms with van der Waals surface area (Å²) in [6.07, 6.45) is 7.44. The maximum Gasteiger partial charge on any atom is 0.0702 e. The van der Waals surface area contributed by atoms with E-state index in [2.05, 4.69) is 78.4 Å². The Hall–Kier alpha value is -4.37. The van der Waals surface area contributed by atoms with Gasteiger partial charge in [0, 0.05) is 46.9 Å². The van der Waals surface area contributed by atoms with E-state index < -0.39 is 0 Å². The van der Waals surface area contributed by atoms with Crippen LogP contribution >= 0.6 is 0 Å². The van der Waals surface area contributed by atoms with E-state index in [9.17, 15) is 0 Å². The fourth-order valence-corrected chi connectivity index (χ4v) is 5.57. The van der Waals surface area contributed by atoms with E-state index in [-0.39, 0.29) is 5.41 Å². The Morgan fingerprint density at radius 3 is 1.77 bits per heavy atom. The smallest absolute Gasteiger partial charge is 0.0702 e. The van der Waals surface area contributed by atoms with Gasteiger partial charge in [0.2, 0.25) is 0 Å². The zero-order valence-corrected chi connectivity index (χ0v) is 19.7. The molecule has 35 heavy (non-hydrogen) atoms. The molecule has 0 atom stereocenters. The number of benzene rings is 3. The molecule has 0 bridgehead atoms. The summed E-state index contributed by atoms with van der Waals surface area (Å²) >= 11 is 0. The van der Waals surface area contributed by atoms with Crippen molar-refractivity contribution in [1.29, 1.82) is 0 Å². The summed E-state index contributed by atoms with van der Waals surface area (Å²) in [7, 11) is 0. The summed E-state index contributed by atoms with van der Waals surface area (Å²) < 4.78 is 0. The van der Waals surface area contributed by atoms with Crippen molar-refractivity contribution in [3.63, 3.8) is 0 Å². The summed E-state index contributed by atoms with van der Waals surface area (Å²) in [6.45, 7) is 4.67. The first-order valence-corrected chi connectivity index (χ1v) is 11.9. The molecule has 0 spiro atoms. The highest BCUT2D eigenvalue weighted by atomic mass is 14.7. The van der Waals surface area contributed by atoms with Crippen molar-refractivity contribution in [2.75, 3.05) is 0 Å². The maximum atomic E-state index is 4.84. The van der Waals surface area contributed by atoms with E-state index in [1.807, 2.05) is 49.1 Å². The van der Waals surface area contributed by atoms with E-state index >= 15 is 0 Å². The normalized spacial score (nSPS) is 13.7. The highest BCUT2D eigenvalue weighted by Crippen LogP contribution is 2.51. The van der Waals surface area contributed by atoms with E-state index in [0.29, 0.717) is 0 Å². The first kappa shape index (κ1) is 20.0. The van der Waals surface area contributed by atoms with Gasteiger partial charge in [-0.2, -0.15) is 0 Å². The van der Waals surface area contributed by atoms with Gasteiger partial charge in [-0.15, -0.1) is 0 Å². The molecular weight excluding hydrogens is 426 g/mol. The summed E-state index contributed by atoms with van der Waals surface area (Å²) in [5.74, 6) is 0. The molecule has 0 amide bonds. The molecule has 3 aromatic carbocycles. The standard InChI is InChI=1S/C32H23N3/c1-32(2)26-17-24(28-5-3-4-12-34-28)15-21-6-7-22-16-25(18-27(32)31(22)30(21)26)29-9-8-23(19-35-29)20-10-13-33-14-11-20/h3-19H,1-2H3. The van der Waals surface area contributed by atoms with Crippen LogP contribution in [0.2, 0.25) is 0 Å². The number of pyridine rings is 3. The van der Waals surface area contributed by atoms with Gasteiger partial charge in [0.25, 0.3) is 0 Å². The predicted molar refractivity (Wildman–Crippen MR) is 143 cm³/mol. The third-order valence-electron chi connectivity index (χ3n) is 7.41. The van der Waals surface area contributed by atoms with Gasteiger partial charge >= 0.3 is 0 Å².